The predicted molar refractivity (Wildman–Crippen MR) is 64.2 cm³/mol. The Labute approximate surface area is 96.1 Å². The zero-order valence-electron chi connectivity index (χ0n) is 9.93. The summed E-state index contributed by atoms with van der Waals surface area (Å²) >= 11 is 0. The highest BCUT2D eigenvalue weighted by Gasteiger charge is 2.13. The fourth-order valence-corrected chi connectivity index (χ4v) is 2.00. The molecule has 1 aliphatic rings. The van der Waals surface area contributed by atoms with Gasteiger partial charge in [-0.25, -0.2) is 4.68 Å². The lowest BCUT2D eigenvalue weighted by Gasteiger charge is -2.17. The molecule has 86 valence electrons. The van der Waals surface area contributed by atoms with Crippen LogP contribution >= 0.6 is 0 Å². The lowest BCUT2D eigenvalue weighted by molar-refractivity contribution is 0.708. The van der Waals surface area contributed by atoms with E-state index in [0.717, 1.165) is 12.8 Å². The Morgan fingerprint density at radius 3 is 2.62 bits per heavy atom. The molecule has 1 saturated carbocycles. The molecule has 4 nitrogen and oxygen atoms in total. The van der Waals surface area contributed by atoms with Crippen molar-refractivity contribution in [2.24, 2.45) is 11.0 Å². The van der Waals surface area contributed by atoms with Crippen LogP contribution in [0.1, 0.15) is 39.5 Å². The van der Waals surface area contributed by atoms with Crippen molar-refractivity contribution in [2.75, 3.05) is 0 Å². The molecule has 0 spiro atoms. The van der Waals surface area contributed by atoms with E-state index < -0.39 is 0 Å². The summed E-state index contributed by atoms with van der Waals surface area (Å²) in [6.45, 7) is 4.41. The fraction of sp³-hybridized carbons (Fsp3) is 0.583. The fourth-order valence-electron chi connectivity index (χ4n) is 2.00. The van der Waals surface area contributed by atoms with Crippen molar-refractivity contribution in [3.05, 3.63) is 24.3 Å². The van der Waals surface area contributed by atoms with Crippen LogP contribution < -0.4 is 0 Å². The normalized spacial score (nSPS) is 22.2. The second-order valence-corrected chi connectivity index (χ2v) is 4.53. The molecule has 0 saturated heterocycles. The van der Waals surface area contributed by atoms with Gasteiger partial charge in [0.05, 0.1) is 5.71 Å². The van der Waals surface area contributed by atoms with E-state index in [1.807, 2.05) is 0 Å². The molecule has 0 radical (unpaired) electrons. The Morgan fingerprint density at radius 2 is 1.94 bits per heavy atom. The zero-order valence-corrected chi connectivity index (χ0v) is 9.93. The quantitative estimate of drug-likeness (QED) is 0.765. The van der Waals surface area contributed by atoms with E-state index in [4.69, 9.17) is 0 Å². The van der Waals surface area contributed by atoms with Gasteiger partial charge in [-0.3, -0.25) is 0 Å². The van der Waals surface area contributed by atoms with Crippen molar-refractivity contribution < 1.29 is 0 Å². The number of nitrogens with zero attached hydrogens (tertiary/aromatic N) is 4. The molecule has 2 rings (SSSR count). The molecule has 4 heteroatoms. The van der Waals surface area contributed by atoms with Gasteiger partial charge in [0.1, 0.15) is 12.7 Å². The van der Waals surface area contributed by atoms with Crippen LogP contribution in [0.25, 0.3) is 0 Å². The van der Waals surface area contributed by atoms with Gasteiger partial charge in [0, 0.05) is 0 Å². The molecular weight excluding hydrogens is 200 g/mol. The van der Waals surface area contributed by atoms with E-state index in [9.17, 15) is 0 Å². The standard InChI is InChI=1S/C12H18N4/c1-10(2)7-11-5-3-4-6-12(11)15-16-8-13-14-9-16/h7-10H,3-6H2,1-2H3/b11-7+,15-12+. The maximum absolute atomic E-state index is 4.55. The SMILES string of the molecule is CC(C)/C=C1\CCCC\C1=N/n1cnnc1. The van der Waals surface area contributed by atoms with E-state index in [1.54, 1.807) is 17.3 Å². The first-order chi connectivity index (χ1) is 7.75. The summed E-state index contributed by atoms with van der Waals surface area (Å²) in [6.07, 6.45) is 10.3. The molecular formula is C12H18N4. The van der Waals surface area contributed by atoms with E-state index >= 15 is 0 Å². The van der Waals surface area contributed by atoms with Crippen LogP contribution in [0.15, 0.2) is 29.4 Å². The Hall–Kier alpha value is -1.45. The Kier molecular flexibility index (Phi) is 3.49. The molecule has 1 aromatic heterocycles. The second kappa shape index (κ2) is 5.05. The second-order valence-electron chi connectivity index (χ2n) is 4.53. The topological polar surface area (TPSA) is 43.1 Å². The van der Waals surface area contributed by atoms with Crippen molar-refractivity contribution in [2.45, 2.75) is 39.5 Å². The summed E-state index contributed by atoms with van der Waals surface area (Å²) in [6, 6.07) is 0. The Balaban J connectivity index is 2.23. The molecule has 16 heavy (non-hydrogen) atoms. The van der Waals surface area contributed by atoms with Gasteiger partial charge in [-0.1, -0.05) is 19.9 Å². The number of allylic oxidation sites excluding steroid dienone is 2. The highest BCUT2D eigenvalue weighted by Crippen LogP contribution is 2.22. The minimum atomic E-state index is 0.583. The average molecular weight is 218 g/mol. The summed E-state index contributed by atoms with van der Waals surface area (Å²) in [7, 11) is 0. The third-order valence-corrected chi connectivity index (χ3v) is 2.66. The monoisotopic (exact) mass is 218 g/mol. The van der Waals surface area contributed by atoms with E-state index in [1.165, 1.54) is 24.1 Å². The van der Waals surface area contributed by atoms with Gasteiger partial charge >= 0.3 is 0 Å². The van der Waals surface area contributed by atoms with Gasteiger partial charge in [0.15, 0.2) is 0 Å². The molecule has 1 fully saturated rings. The lowest BCUT2D eigenvalue weighted by Crippen LogP contribution is -2.11. The molecule has 0 bridgehead atoms. The van der Waals surface area contributed by atoms with Crippen molar-refractivity contribution in [3.63, 3.8) is 0 Å². The van der Waals surface area contributed by atoms with Gasteiger partial charge in [0.2, 0.25) is 0 Å². The van der Waals surface area contributed by atoms with Crippen LogP contribution in [0.3, 0.4) is 0 Å². The summed E-state index contributed by atoms with van der Waals surface area (Å²) in [5, 5.41) is 12.1. The number of hydrogen-bond acceptors (Lipinski definition) is 3. The van der Waals surface area contributed by atoms with Gasteiger partial charge < -0.3 is 0 Å². The Morgan fingerprint density at radius 1 is 1.25 bits per heavy atom. The largest absolute Gasteiger partial charge is 0.207 e. The lowest BCUT2D eigenvalue weighted by atomic mass is 9.91. The zero-order chi connectivity index (χ0) is 11.4. The number of hydrogen-bond donors (Lipinski definition) is 0. The third-order valence-electron chi connectivity index (χ3n) is 2.66. The van der Waals surface area contributed by atoms with E-state index in [2.05, 4.69) is 35.2 Å². The van der Waals surface area contributed by atoms with E-state index in [0.29, 0.717) is 5.92 Å². The van der Waals surface area contributed by atoms with Crippen molar-refractivity contribution in [1.82, 2.24) is 14.9 Å². The molecule has 0 amide bonds. The predicted octanol–water partition coefficient (Wildman–Crippen LogP) is 2.64. The number of rotatable bonds is 2. The average Bonchev–Trinajstić information content (AvgIpc) is 2.73. The minimum Gasteiger partial charge on any atom is -0.207 e. The Bertz CT molecular complexity index is 387. The van der Waals surface area contributed by atoms with Crippen LogP contribution in [0.4, 0.5) is 0 Å². The molecule has 1 aromatic rings. The highest BCUT2D eigenvalue weighted by molar-refractivity contribution is 6.00. The molecule has 0 N–H and O–H groups in total. The van der Waals surface area contributed by atoms with Crippen molar-refractivity contribution >= 4 is 5.71 Å². The first-order valence-electron chi connectivity index (χ1n) is 5.89. The summed E-state index contributed by atoms with van der Waals surface area (Å²) in [5.74, 6) is 0.583. The van der Waals surface area contributed by atoms with Crippen LogP contribution in [0.5, 0.6) is 0 Å². The maximum Gasteiger partial charge on any atom is 0.141 e. The van der Waals surface area contributed by atoms with Crippen molar-refractivity contribution in [1.29, 1.82) is 0 Å². The minimum absolute atomic E-state index is 0.583. The third kappa shape index (κ3) is 2.78. The maximum atomic E-state index is 4.55. The molecule has 0 aliphatic heterocycles. The first-order valence-corrected chi connectivity index (χ1v) is 5.89. The van der Waals surface area contributed by atoms with Gasteiger partial charge in [-0.05, 0) is 37.2 Å². The van der Waals surface area contributed by atoms with Crippen LogP contribution in [0, 0.1) is 5.92 Å². The molecule has 1 heterocycles. The highest BCUT2D eigenvalue weighted by atomic mass is 15.4. The van der Waals surface area contributed by atoms with Gasteiger partial charge in [0.25, 0.3) is 0 Å². The molecule has 0 atom stereocenters. The first kappa shape index (κ1) is 11.0. The van der Waals surface area contributed by atoms with Crippen LogP contribution in [-0.2, 0) is 0 Å². The van der Waals surface area contributed by atoms with Crippen LogP contribution in [-0.4, -0.2) is 20.6 Å². The van der Waals surface area contributed by atoms with E-state index in [-0.39, 0.29) is 0 Å². The molecule has 0 unspecified atom stereocenters. The van der Waals surface area contributed by atoms with Crippen LogP contribution in [0.2, 0.25) is 0 Å². The molecule has 0 aromatic carbocycles. The molecule has 1 aliphatic carbocycles. The summed E-state index contributed by atoms with van der Waals surface area (Å²) in [5.41, 5.74) is 2.59. The summed E-state index contributed by atoms with van der Waals surface area (Å²) < 4.78 is 1.69. The van der Waals surface area contributed by atoms with Gasteiger partial charge in [-0.15, -0.1) is 10.2 Å². The van der Waals surface area contributed by atoms with Crippen molar-refractivity contribution in [3.8, 4) is 0 Å². The smallest absolute Gasteiger partial charge is 0.141 e. The number of aromatic nitrogens is 3. The van der Waals surface area contributed by atoms with Gasteiger partial charge in [-0.2, -0.15) is 5.10 Å². The summed E-state index contributed by atoms with van der Waals surface area (Å²) in [4.78, 5) is 0.